The third-order valence-corrected chi connectivity index (χ3v) is 2.59. The molecule has 18 heavy (non-hydrogen) atoms. The van der Waals surface area contributed by atoms with E-state index < -0.39 is 0 Å². The molecule has 0 unspecified atom stereocenters. The van der Waals surface area contributed by atoms with Crippen LogP contribution in [0.4, 0.5) is 0 Å². The van der Waals surface area contributed by atoms with Crippen molar-refractivity contribution >= 4 is 18.6 Å². The molecule has 1 heterocycles. The molecule has 0 bridgehead atoms. The van der Waals surface area contributed by atoms with Crippen molar-refractivity contribution in [1.29, 1.82) is 0 Å². The third-order valence-electron chi connectivity index (χ3n) is 2.59. The number of rotatable bonds is 4. The van der Waals surface area contributed by atoms with Crippen molar-refractivity contribution in [3.63, 3.8) is 0 Å². The standard InChI is InChI=1S/C13H15BO4/c1-10(2)13(15)16-9-11-3-5-12(6-4-11)14-17-7-8-18-14/h3-6H,1,7-9H2,2H3. The molecule has 5 heteroatoms. The number of carbonyl (C=O) groups excluding carboxylic acids is 1. The van der Waals surface area contributed by atoms with Crippen molar-refractivity contribution in [2.75, 3.05) is 13.2 Å². The maximum absolute atomic E-state index is 11.2. The van der Waals surface area contributed by atoms with E-state index in [1.165, 1.54) is 0 Å². The molecule has 2 rings (SSSR count). The summed E-state index contributed by atoms with van der Waals surface area (Å²) in [7, 11) is -0.267. The van der Waals surface area contributed by atoms with Gasteiger partial charge < -0.3 is 14.0 Å². The predicted octanol–water partition coefficient (Wildman–Crippen LogP) is 1.05. The monoisotopic (exact) mass is 246 g/mol. The van der Waals surface area contributed by atoms with Crippen LogP contribution >= 0.6 is 0 Å². The fourth-order valence-electron chi connectivity index (χ4n) is 1.59. The van der Waals surface area contributed by atoms with Crippen LogP contribution in [0.2, 0.25) is 0 Å². The van der Waals surface area contributed by atoms with Crippen LogP contribution in [-0.4, -0.2) is 26.3 Å². The normalized spacial score (nSPS) is 14.6. The average molecular weight is 246 g/mol. The van der Waals surface area contributed by atoms with Crippen LogP contribution in [0.3, 0.4) is 0 Å². The maximum atomic E-state index is 11.2. The Bertz CT molecular complexity index is 435. The van der Waals surface area contributed by atoms with Gasteiger partial charge in [-0.1, -0.05) is 30.8 Å². The first-order valence-electron chi connectivity index (χ1n) is 5.81. The summed E-state index contributed by atoms with van der Waals surface area (Å²) in [6.07, 6.45) is 0. The first-order valence-corrected chi connectivity index (χ1v) is 5.81. The lowest BCUT2D eigenvalue weighted by atomic mass is 9.79. The largest absolute Gasteiger partial charge is 0.494 e. The van der Waals surface area contributed by atoms with E-state index in [1.54, 1.807) is 6.92 Å². The van der Waals surface area contributed by atoms with Crippen molar-refractivity contribution in [3.8, 4) is 0 Å². The zero-order chi connectivity index (χ0) is 13.0. The molecule has 0 saturated carbocycles. The topological polar surface area (TPSA) is 44.8 Å². The van der Waals surface area contributed by atoms with Crippen LogP contribution in [0, 0.1) is 0 Å². The number of hydrogen-bond donors (Lipinski definition) is 0. The van der Waals surface area contributed by atoms with Gasteiger partial charge in [0.1, 0.15) is 6.61 Å². The highest BCUT2D eigenvalue weighted by Crippen LogP contribution is 2.05. The van der Waals surface area contributed by atoms with Crippen molar-refractivity contribution in [1.82, 2.24) is 0 Å². The van der Waals surface area contributed by atoms with Gasteiger partial charge in [-0.25, -0.2) is 4.79 Å². The van der Waals surface area contributed by atoms with Crippen LogP contribution in [0.1, 0.15) is 12.5 Å². The molecule has 94 valence electrons. The molecule has 1 saturated heterocycles. The first kappa shape index (κ1) is 12.9. The van der Waals surface area contributed by atoms with Crippen LogP contribution in [0.5, 0.6) is 0 Å². The molecule has 0 aliphatic carbocycles. The molecule has 1 aliphatic heterocycles. The summed E-state index contributed by atoms with van der Waals surface area (Å²) in [5.41, 5.74) is 2.30. The molecule has 0 amide bonds. The molecule has 4 nitrogen and oxygen atoms in total. The molecule has 0 spiro atoms. The minimum Gasteiger partial charge on any atom is -0.457 e. The lowest BCUT2D eigenvalue weighted by molar-refractivity contribution is -0.140. The summed E-state index contributed by atoms with van der Waals surface area (Å²) in [5.74, 6) is -0.374. The summed E-state index contributed by atoms with van der Waals surface area (Å²) in [6.45, 7) is 6.65. The van der Waals surface area contributed by atoms with Crippen LogP contribution in [0.15, 0.2) is 36.4 Å². The van der Waals surface area contributed by atoms with Crippen molar-refractivity contribution < 1.29 is 18.8 Å². The van der Waals surface area contributed by atoms with E-state index in [2.05, 4.69) is 6.58 Å². The number of esters is 1. The number of carbonyl (C=O) groups is 1. The van der Waals surface area contributed by atoms with Crippen molar-refractivity contribution in [2.24, 2.45) is 0 Å². The van der Waals surface area contributed by atoms with Gasteiger partial charge >= 0.3 is 13.1 Å². The molecular formula is C13H15BO4. The van der Waals surface area contributed by atoms with Gasteiger partial charge in [-0.3, -0.25) is 0 Å². The zero-order valence-corrected chi connectivity index (χ0v) is 10.3. The lowest BCUT2D eigenvalue weighted by Gasteiger charge is -2.07. The Labute approximate surface area is 107 Å². The van der Waals surface area contributed by atoms with Gasteiger partial charge in [0.15, 0.2) is 0 Å². The minimum absolute atomic E-state index is 0.248. The smallest absolute Gasteiger partial charge is 0.457 e. The Morgan fingerprint density at radius 3 is 2.50 bits per heavy atom. The fourth-order valence-corrected chi connectivity index (χ4v) is 1.59. The van der Waals surface area contributed by atoms with Crippen molar-refractivity contribution in [2.45, 2.75) is 13.5 Å². The Morgan fingerprint density at radius 1 is 1.33 bits per heavy atom. The highest BCUT2D eigenvalue weighted by molar-refractivity contribution is 6.61. The van der Waals surface area contributed by atoms with Gasteiger partial charge in [-0.15, -0.1) is 0 Å². The fraction of sp³-hybridized carbons (Fsp3) is 0.308. The second-order valence-electron chi connectivity index (χ2n) is 4.17. The molecule has 0 radical (unpaired) electrons. The summed E-state index contributed by atoms with van der Waals surface area (Å²) in [6, 6.07) is 7.62. The van der Waals surface area contributed by atoms with Gasteiger partial charge in [-0.05, 0) is 17.9 Å². The Balaban J connectivity index is 1.91. The summed E-state index contributed by atoms with van der Waals surface area (Å²) in [4.78, 5) is 11.2. The number of hydrogen-bond acceptors (Lipinski definition) is 4. The van der Waals surface area contributed by atoms with Crippen LogP contribution in [0.25, 0.3) is 0 Å². The predicted molar refractivity (Wildman–Crippen MR) is 68.3 cm³/mol. The molecule has 1 aromatic rings. The Morgan fingerprint density at radius 2 is 1.94 bits per heavy atom. The highest BCUT2D eigenvalue weighted by Gasteiger charge is 2.25. The molecule has 1 aliphatic rings. The second-order valence-corrected chi connectivity index (χ2v) is 4.17. The maximum Gasteiger partial charge on any atom is 0.494 e. The van der Waals surface area contributed by atoms with Crippen molar-refractivity contribution in [3.05, 3.63) is 42.0 Å². The van der Waals surface area contributed by atoms with Gasteiger partial charge in [0.05, 0.1) is 13.2 Å². The molecular weight excluding hydrogens is 231 g/mol. The quantitative estimate of drug-likeness (QED) is 0.452. The van der Waals surface area contributed by atoms with E-state index in [4.69, 9.17) is 14.0 Å². The van der Waals surface area contributed by atoms with Crippen LogP contribution in [-0.2, 0) is 25.4 Å². The summed E-state index contributed by atoms with van der Waals surface area (Å²) >= 11 is 0. The van der Waals surface area contributed by atoms with E-state index in [0.717, 1.165) is 11.0 Å². The van der Waals surface area contributed by atoms with Gasteiger partial charge in [0.25, 0.3) is 0 Å². The minimum atomic E-state index is -0.374. The highest BCUT2D eigenvalue weighted by atomic mass is 16.6. The molecule has 0 aromatic heterocycles. The number of ether oxygens (including phenoxy) is 1. The Kier molecular flexibility index (Phi) is 4.17. The lowest BCUT2D eigenvalue weighted by Crippen LogP contribution is -2.31. The Hall–Kier alpha value is -1.59. The molecule has 1 aromatic carbocycles. The van der Waals surface area contributed by atoms with Gasteiger partial charge in [-0.2, -0.15) is 0 Å². The average Bonchev–Trinajstić information content (AvgIpc) is 2.90. The second kappa shape index (κ2) is 5.84. The van der Waals surface area contributed by atoms with E-state index in [1.807, 2.05) is 24.3 Å². The molecule has 0 atom stereocenters. The van der Waals surface area contributed by atoms with E-state index >= 15 is 0 Å². The molecule has 1 fully saturated rings. The molecule has 0 N–H and O–H groups in total. The van der Waals surface area contributed by atoms with E-state index in [0.29, 0.717) is 18.8 Å². The zero-order valence-electron chi connectivity index (χ0n) is 10.3. The van der Waals surface area contributed by atoms with Gasteiger partial charge in [0.2, 0.25) is 0 Å². The summed E-state index contributed by atoms with van der Waals surface area (Å²) < 4.78 is 15.8. The number of benzene rings is 1. The van der Waals surface area contributed by atoms with Gasteiger partial charge in [0, 0.05) is 5.57 Å². The first-order chi connectivity index (χ1) is 8.66. The van der Waals surface area contributed by atoms with E-state index in [-0.39, 0.29) is 19.7 Å². The van der Waals surface area contributed by atoms with E-state index in [9.17, 15) is 4.79 Å². The third kappa shape index (κ3) is 3.21. The summed E-state index contributed by atoms with van der Waals surface area (Å²) in [5, 5.41) is 0. The SMILES string of the molecule is C=C(C)C(=O)OCc1ccc(B2OCCO2)cc1. The van der Waals surface area contributed by atoms with Crippen LogP contribution < -0.4 is 5.46 Å².